The maximum Gasteiger partial charge on any atom is 0.254 e. The van der Waals surface area contributed by atoms with Gasteiger partial charge in [-0.25, -0.2) is 0 Å². The molecule has 0 radical (unpaired) electrons. The van der Waals surface area contributed by atoms with Crippen LogP contribution in [0.25, 0.3) is 0 Å². The lowest BCUT2D eigenvalue weighted by Crippen LogP contribution is -2.64. The number of phenolic OH excluding ortho intramolecular Hbond substituents is 1. The number of phenols is 1. The second-order valence-electron chi connectivity index (χ2n) is 9.60. The highest BCUT2D eigenvalue weighted by molar-refractivity contribution is 5.98. The summed E-state index contributed by atoms with van der Waals surface area (Å²) in [6.45, 7) is 7.42. The van der Waals surface area contributed by atoms with Crippen molar-refractivity contribution in [2.45, 2.75) is 45.1 Å². The van der Waals surface area contributed by atoms with Crippen LogP contribution in [0.1, 0.15) is 59.0 Å². The van der Waals surface area contributed by atoms with E-state index in [1.54, 1.807) is 44.4 Å². The smallest absolute Gasteiger partial charge is 0.254 e. The van der Waals surface area contributed by atoms with Gasteiger partial charge < -0.3 is 14.9 Å². The molecular formula is C25H30N2O3. The molecule has 0 aromatic heterocycles. The van der Waals surface area contributed by atoms with Gasteiger partial charge in [-0.05, 0) is 59.7 Å². The van der Waals surface area contributed by atoms with Crippen LogP contribution >= 0.6 is 0 Å². The first kappa shape index (κ1) is 20.5. The molecule has 1 fully saturated rings. The Bertz CT molecular complexity index is 1010. The summed E-state index contributed by atoms with van der Waals surface area (Å²) in [6.07, 6.45) is 1.49. The Balaban J connectivity index is 1.68. The summed E-state index contributed by atoms with van der Waals surface area (Å²) in [6, 6.07) is 12.7. The monoisotopic (exact) mass is 406 g/mol. The van der Waals surface area contributed by atoms with Gasteiger partial charge in [0.25, 0.3) is 11.8 Å². The van der Waals surface area contributed by atoms with Crippen molar-refractivity contribution in [3.05, 3.63) is 64.7 Å². The van der Waals surface area contributed by atoms with Crippen molar-refractivity contribution in [2.24, 2.45) is 5.41 Å². The number of carbonyl (C=O) groups excluding carboxylic acids is 2. The molecule has 2 aromatic rings. The predicted molar refractivity (Wildman–Crippen MR) is 117 cm³/mol. The molecule has 2 unspecified atom stereocenters. The minimum atomic E-state index is -0.136. The number of amides is 2. The minimum absolute atomic E-state index is 0.00682. The van der Waals surface area contributed by atoms with Crippen molar-refractivity contribution in [2.75, 3.05) is 20.6 Å². The lowest BCUT2D eigenvalue weighted by molar-refractivity contribution is -0.0266. The molecule has 1 aliphatic heterocycles. The summed E-state index contributed by atoms with van der Waals surface area (Å²) in [5, 5.41) is 10.5. The van der Waals surface area contributed by atoms with Gasteiger partial charge in [-0.3, -0.25) is 9.59 Å². The third-order valence-corrected chi connectivity index (χ3v) is 7.67. The Labute approximate surface area is 178 Å². The summed E-state index contributed by atoms with van der Waals surface area (Å²) in [5.74, 6) is 0.223. The van der Waals surface area contributed by atoms with Crippen LogP contribution in [0, 0.1) is 5.41 Å². The van der Waals surface area contributed by atoms with Crippen LogP contribution in [0.3, 0.4) is 0 Å². The fraction of sp³-hybridized carbons (Fsp3) is 0.440. The average molecular weight is 407 g/mol. The van der Waals surface area contributed by atoms with E-state index in [-0.39, 0.29) is 28.7 Å². The third-order valence-electron chi connectivity index (χ3n) is 7.67. The normalized spacial score (nSPS) is 24.2. The number of aromatic hydroxyl groups is 1. The molecule has 2 amide bonds. The summed E-state index contributed by atoms with van der Waals surface area (Å²) < 4.78 is 0. The molecule has 30 heavy (non-hydrogen) atoms. The summed E-state index contributed by atoms with van der Waals surface area (Å²) >= 11 is 0. The second-order valence-corrected chi connectivity index (χ2v) is 9.60. The Morgan fingerprint density at radius 1 is 1.03 bits per heavy atom. The summed E-state index contributed by atoms with van der Waals surface area (Å²) in [5.41, 5.74) is 3.09. The van der Waals surface area contributed by atoms with Crippen LogP contribution in [0.15, 0.2) is 42.5 Å². The van der Waals surface area contributed by atoms with Crippen molar-refractivity contribution in [3.63, 3.8) is 0 Å². The van der Waals surface area contributed by atoms with E-state index in [0.29, 0.717) is 29.8 Å². The van der Waals surface area contributed by atoms with Crippen LogP contribution in [0.4, 0.5) is 0 Å². The summed E-state index contributed by atoms with van der Waals surface area (Å²) in [4.78, 5) is 29.1. The Morgan fingerprint density at radius 2 is 1.67 bits per heavy atom. The third kappa shape index (κ3) is 2.83. The van der Waals surface area contributed by atoms with Gasteiger partial charge in [0.1, 0.15) is 5.75 Å². The highest BCUT2D eigenvalue weighted by atomic mass is 16.3. The molecule has 4 rings (SSSR count). The first-order chi connectivity index (χ1) is 14.1. The van der Waals surface area contributed by atoms with Crippen molar-refractivity contribution in [1.82, 2.24) is 9.80 Å². The summed E-state index contributed by atoms with van der Waals surface area (Å²) in [7, 11) is 3.43. The van der Waals surface area contributed by atoms with E-state index < -0.39 is 0 Å². The maximum absolute atomic E-state index is 13.5. The Kier molecular flexibility index (Phi) is 4.68. The topological polar surface area (TPSA) is 60.9 Å². The van der Waals surface area contributed by atoms with E-state index in [9.17, 15) is 14.7 Å². The molecule has 158 valence electrons. The number of hydrogen-bond acceptors (Lipinski definition) is 3. The highest BCUT2D eigenvalue weighted by Gasteiger charge is 2.57. The van der Waals surface area contributed by atoms with Crippen LogP contribution in [-0.2, 0) is 11.8 Å². The van der Waals surface area contributed by atoms with Crippen molar-refractivity contribution in [3.8, 4) is 5.75 Å². The largest absolute Gasteiger partial charge is 0.508 e. The van der Waals surface area contributed by atoms with Gasteiger partial charge >= 0.3 is 0 Å². The number of likely N-dealkylation sites (tertiary alicyclic amines) is 1. The number of piperidine rings is 1. The number of fused-ring (bicyclic) bond motifs is 4. The van der Waals surface area contributed by atoms with E-state index >= 15 is 0 Å². The van der Waals surface area contributed by atoms with Gasteiger partial charge in [-0.1, -0.05) is 32.9 Å². The second kappa shape index (κ2) is 6.86. The zero-order chi connectivity index (χ0) is 21.8. The first-order valence-corrected chi connectivity index (χ1v) is 10.5. The number of rotatable bonds is 2. The van der Waals surface area contributed by atoms with E-state index in [1.165, 1.54) is 10.5 Å². The van der Waals surface area contributed by atoms with Crippen LogP contribution in [-0.4, -0.2) is 53.4 Å². The zero-order valence-electron chi connectivity index (χ0n) is 18.4. The van der Waals surface area contributed by atoms with Gasteiger partial charge in [0.15, 0.2) is 0 Å². The van der Waals surface area contributed by atoms with Gasteiger partial charge in [0.05, 0.1) is 0 Å². The lowest BCUT2D eigenvalue weighted by atomic mass is 9.51. The SMILES string of the molecule is CN(C)C(=O)c1ccc(C(=O)N2CCC3(C)c4cccc(O)c4CC2C3(C)C)cc1. The first-order valence-electron chi connectivity index (χ1n) is 10.5. The fourth-order valence-electron chi connectivity index (χ4n) is 5.35. The van der Waals surface area contributed by atoms with Crippen molar-refractivity contribution >= 4 is 11.8 Å². The molecule has 0 spiro atoms. The molecule has 1 heterocycles. The number of hydrogen-bond donors (Lipinski definition) is 1. The van der Waals surface area contributed by atoms with E-state index in [0.717, 1.165) is 12.0 Å². The maximum atomic E-state index is 13.5. The molecule has 1 N–H and O–H groups in total. The molecule has 2 bridgehead atoms. The zero-order valence-corrected chi connectivity index (χ0v) is 18.4. The molecule has 1 aliphatic carbocycles. The average Bonchev–Trinajstić information content (AvgIpc) is 2.70. The molecule has 2 aromatic carbocycles. The van der Waals surface area contributed by atoms with Gasteiger partial charge in [0.2, 0.25) is 0 Å². The quantitative estimate of drug-likeness (QED) is 0.824. The van der Waals surface area contributed by atoms with Crippen LogP contribution in [0.5, 0.6) is 5.75 Å². The van der Waals surface area contributed by atoms with Crippen molar-refractivity contribution in [1.29, 1.82) is 0 Å². The Hall–Kier alpha value is -2.82. The van der Waals surface area contributed by atoms with Crippen molar-refractivity contribution < 1.29 is 14.7 Å². The number of nitrogens with zero attached hydrogens (tertiary/aromatic N) is 2. The molecule has 5 heteroatoms. The van der Waals surface area contributed by atoms with Crippen LogP contribution < -0.4 is 0 Å². The van der Waals surface area contributed by atoms with Crippen LogP contribution in [0.2, 0.25) is 0 Å². The Morgan fingerprint density at radius 3 is 2.30 bits per heavy atom. The molecular weight excluding hydrogens is 376 g/mol. The molecule has 5 nitrogen and oxygen atoms in total. The highest BCUT2D eigenvalue weighted by Crippen LogP contribution is 2.57. The molecule has 2 aliphatic rings. The molecule has 1 saturated heterocycles. The van der Waals surface area contributed by atoms with E-state index in [2.05, 4.69) is 26.8 Å². The van der Waals surface area contributed by atoms with Gasteiger partial charge in [-0.2, -0.15) is 0 Å². The lowest BCUT2D eigenvalue weighted by Gasteiger charge is -2.60. The predicted octanol–water partition coefficient (Wildman–Crippen LogP) is 3.85. The van der Waals surface area contributed by atoms with Gasteiger partial charge in [-0.15, -0.1) is 0 Å². The molecule has 2 atom stereocenters. The molecule has 0 saturated carbocycles. The fourth-order valence-corrected chi connectivity index (χ4v) is 5.35. The van der Waals surface area contributed by atoms with E-state index in [1.807, 2.05) is 11.0 Å². The standard InChI is InChI=1S/C25H30N2O3/c1-24(2)21-15-18-19(7-6-8-20(18)28)25(24,3)13-14-27(21)23(30)17-11-9-16(10-12-17)22(29)26(4)5/h6-12,21,28H,13-15H2,1-5H3. The van der Waals surface area contributed by atoms with E-state index in [4.69, 9.17) is 0 Å². The number of carbonyl (C=O) groups is 2. The minimum Gasteiger partial charge on any atom is -0.508 e. The van der Waals surface area contributed by atoms with Gasteiger partial charge in [0, 0.05) is 43.2 Å². The number of benzene rings is 2.